The molecule has 3 N–H and O–H groups in total. The number of carboxylic acids is 1. The van der Waals surface area contributed by atoms with Crippen LogP contribution in [0.4, 0.5) is 17.3 Å². The maximum absolute atomic E-state index is 10.9. The predicted molar refractivity (Wildman–Crippen MR) is 97.2 cm³/mol. The van der Waals surface area contributed by atoms with E-state index in [0.717, 1.165) is 17.1 Å². The zero-order valence-corrected chi connectivity index (χ0v) is 13.7. The van der Waals surface area contributed by atoms with Crippen molar-refractivity contribution in [2.75, 3.05) is 10.6 Å². The van der Waals surface area contributed by atoms with Crippen LogP contribution in [0.2, 0.25) is 0 Å². The standard InChI is InChI=1S/C19H18N4O2/c1-13-21-17(20-12-14-5-3-2-4-6-14)11-18(22-13)23-16-9-7-15(8-10-16)19(24)25/h2-11H,12H2,1H3,(H,24,25)(H2,20,21,22,23). The topological polar surface area (TPSA) is 87.1 Å². The van der Waals surface area contributed by atoms with Crippen LogP contribution in [0.5, 0.6) is 0 Å². The second kappa shape index (κ2) is 7.44. The number of hydrogen-bond donors (Lipinski definition) is 3. The molecule has 0 aliphatic carbocycles. The number of aromatic carboxylic acids is 1. The van der Waals surface area contributed by atoms with E-state index in [-0.39, 0.29) is 5.56 Å². The number of hydrogen-bond acceptors (Lipinski definition) is 5. The van der Waals surface area contributed by atoms with E-state index in [1.165, 1.54) is 0 Å². The molecule has 25 heavy (non-hydrogen) atoms. The molecule has 0 atom stereocenters. The van der Waals surface area contributed by atoms with Crippen molar-refractivity contribution in [1.82, 2.24) is 9.97 Å². The van der Waals surface area contributed by atoms with E-state index in [1.54, 1.807) is 24.3 Å². The Bertz CT molecular complexity index is 864. The number of nitrogens with one attached hydrogen (secondary N) is 2. The van der Waals surface area contributed by atoms with Crippen LogP contribution in [0.25, 0.3) is 0 Å². The van der Waals surface area contributed by atoms with Gasteiger partial charge in [-0.25, -0.2) is 14.8 Å². The first-order chi connectivity index (χ1) is 12.1. The van der Waals surface area contributed by atoms with Crippen LogP contribution in [0.3, 0.4) is 0 Å². The van der Waals surface area contributed by atoms with Crippen molar-refractivity contribution >= 4 is 23.3 Å². The minimum atomic E-state index is -0.947. The molecule has 0 bridgehead atoms. The second-order valence-corrected chi connectivity index (χ2v) is 5.53. The van der Waals surface area contributed by atoms with Crippen LogP contribution in [0.15, 0.2) is 60.7 Å². The molecule has 126 valence electrons. The largest absolute Gasteiger partial charge is 0.478 e. The fraction of sp³-hybridized carbons (Fsp3) is 0.105. The van der Waals surface area contributed by atoms with E-state index in [1.807, 2.05) is 43.3 Å². The van der Waals surface area contributed by atoms with Gasteiger partial charge in [0.1, 0.15) is 17.5 Å². The van der Waals surface area contributed by atoms with Gasteiger partial charge in [0.2, 0.25) is 0 Å². The molecule has 0 spiro atoms. The van der Waals surface area contributed by atoms with Crippen LogP contribution in [0, 0.1) is 6.92 Å². The third kappa shape index (κ3) is 4.54. The average Bonchev–Trinajstić information content (AvgIpc) is 2.61. The molecule has 1 heterocycles. The number of benzene rings is 2. The van der Waals surface area contributed by atoms with Gasteiger partial charge in [0.15, 0.2) is 0 Å². The zero-order chi connectivity index (χ0) is 17.6. The summed E-state index contributed by atoms with van der Waals surface area (Å²) in [6, 6.07) is 18.4. The summed E-state index contributed by atoms with van der Waals surface area (Å²) in [5.41, 5.74) is 2.17. The normalized spacial score (nSPS) is 10.3. The summed E-state index contributed by atoms with van der Waals surface area (Å²) in [5, 5.41) is 15.4. The van der Waals surface area contributed by atoms with Crippen molar-refractivity contribution in [3.05, 3.63) is 77.6 Å². The molecule has 0 fully saturated rings. The quantitative estimate of drug-likeness (QED) is 0.635. The summed E-state index contributed by atoms with van der Waals surface area (Å²) in [7, 11) is 0. The maximum Gasteiger partial charge on any atom is 0.335 e. The Balaban J connectivity index is 1.71. The molecule has 1 aromatic heterocycles. The Hall–Kier alpha value is -3.41. The lowest BCUT2D eigenvalue weighted by atomic mass is 10.2. The molecule has 0 saturated heterocycles. The molecular weight excluding hydrogens is 316 g/mol. The molecular formula is C19H18N4O2. The van der Waals surface area contributed by atoms with Crippen molar-refractivity contribution in [3.8, 4) is 0 Å². The lowest BCUT2D eigenvalue weighted by Crippen LogP contribution is -2.05. The molecule has 0 aliphatic heterocycles. The van der Waals surface area contributed by atoms with E-state index in [2.05, 4.69) is 20.6 Å². The van der Waals surface area contributed by atoms with Crippen molar-refractivity contribution < 1.29 is 9.90 Å². The van der Waals surface area contributed by atoms with Crippen molar-refractivity contribution in [1.29, 1.82) is 0 Å². The van der Waals surface area contributed by atoms with Crippen LogP contribution in [-0.4, -0.2) is 21.0 Å². The van der Waals surface area contributed by atoms with Gasteiger partial charge < -0.3 is 15.7 Å². The Labute approximate surface area is 145 Å². The number of anilines is 3. The first kappa shape index (κ1) is 16.4. The summed E-state index contributed by atoms with van der Waals surface area (Å²) in [6.45, 7) is 2.50. The molecule has 0 saturated carbocycles. The SMILES string of the molecule is Cc1nc(NCc2ccccc2)cc(Nc2ccc(C(=O)O)cc2)n1. The lowest BCUT2D eigenvalue weighted by Gasteiger charge is -2.10. The van der Waals surface area contributed by atoms with Crippen LogP contribution in [-0.2, 0) is 6.54 Å². The molecule has 3 aromatic rings. The van der Waals surface area contributed by atoms with Crippen LogP contribution in [0.1, 0.15) is 21.7 Å². The molecule has 6 nitrogen and oxygen atoms in total. The van der Waals surface area contributed by atoms with Crippen molar-refractivity contribution in [2.24, 2.45) is 0 Å². The molecule has 0 amide bonds. The van der Waals surface area contributed by atoms with Gasteiger partial charge in [-0.15, -0.1) is 0 Å². The molecule has 0 aliphatic rings. The van der Waals surface area contributed by atoms with Crippen LogP contribution < -0.4 is 10.6 Å². The third-order valence-corrected chi connectivity index (χ3v) is 3.56. The summed E-state index contributed by atoms with van der Waals surface area (Å²) in [6.07, 6.45) is 0. The summed E-state index contributed by atoms with van der Waals surface area (Å²) in [4.78, 5) is 19.7. The molecule has 0 radical (unpaired) electrons. The molecule has 6 heteroatoms. The number of rotatable bonds is 6. The predicted octanol–water partition coefficient (Wildman–Crippen LogP) is 3.84. The van der Waals surface area contributed by atoms with E-state index < -0.39 is 5.97 Å². The Morgan fingerprint density at radius 2 is 1.68 bits per heavy atom. The van der Waals surface area contributed by atoms with Gasteiger partial charge in [-0.3, -0.25) is 0 Å². The highest BCUT2D eigenvalue weighted by Gasteiger charge is 2.05. The second-order valence-electron chi connectivity index (χ2n) is 5.53. The van der Waals surface area contributed by atoms with Gasteiger partial charge >= 0.3 is 5.97 Å². The monoisotopic (exact) mass is 334 g/mol. The molecule has 3 rings (SSSR count). The van der Waals surface area contributed by atoms with Crippen molar-refractivity contribution in [3.63, 3.8) is 0 Å². The Kier molecular flexibility index (Phi) is 4.89. The third-order valence-electron chi connectivity index (χ3n) is 3.56. The number of nitrogens with zero attached hydrogens (tertiary/aromatic N) is 2. The van der Waals surface area contributed by atoms with Gasteiger partial charge in [0.25, 0.3) is 0 Å². The Morgan fingerprint density at radius 3 is 2.36 bits per heavy atom. The van der Waals surface area contributed by atoms with E-state index >= 15 is 0 Å². The van der Waals surface area contributed by atoms with Crippen molar-refractivity contribution in [2.45, 2.75) is 13.5 Å². The van der Waals surface area contributed by atoms with E-state index in [9.17, 15) is 4.79 Å². The Morgan fingerprint density at radius 1 is 1.00 bits per heavy atom. The highest BCUT2D eigenvalue weighted by molar-refractivity contribution is 5.88. The zero-order valence-electron chi connectivity index (χ0n) is 13.7. The van der Waals surface area contributed by atoms with Crippen LogP contribution >= 0.6 is 0 Å². The first-order valence-electron chi connectivity index (χ1n) is 7.84. The van der Waals surface area contributed by atoms with Gasteiger partial charge in [0, 0.05) is 18.3 Å². The molecule has 0 unspecified atom stereocenters. The fourth-order valence-electron chi connectivity index (χ4n) is 2.35. The maximum atomic E-state index is 10.9. The minimum absolute atomic E-state index is 0.245. The highest BCUT2D eigenvalue weighted by atomic mass is 16.4. The number of carboxylic acid groups (broad SMARTS) is 1. The molecule has 2 aromatic carbocycles. The van der Waals surface area contributed by atoms with Gasteiger partial charge in [-0.05, 0) is 36.8 Å². The summed E-state index contributed by atoms with van der Waals surface area (Å²) < 4.78 is 0. The van der Waals surface area contributed by atoms with Gasteiger partial charge in [0.05, 0.1) is 5.56 Å². The van der Waals surface area contributed by atoms with E-state index in [0.29, 0.717) is 18.2 Å². The number of aryl methyl sites for hydroxylation is 1. The fourth-order valence-corrected chi connectivity index (χ4v) is 2.35. The summed E-state index contributed by atoms with van der Waals surface area (Å²) in [5.74, 6) is 1.06. The minimum Gasteiger partial charge on any atom is -0.478 e. The summed E-state index contributed by atoms with van der Waals surface area (Å²) >= 11 is 0. The number of carbonyl (C=O) groups is 1. The smallest absolute Gasteiger partial charge is 0.335 e. The first-order valence-corrected chi connectivity index (χ1v) is 7.84. The van der Waals surface area contributed by atoms with Gasteiger partial charge in [-0.1, -0.05) is 30.3 Å². The van der Waals surface area contributed by atoms with E-state index in [4.69, 9.17) is 5.11 Å². The van der Waals surface area contributed by atoms with Gasteiger partial charge in [-0.2, -0.15) is 0 Å². The average molecular weight is 334 g/mol. The number of aromatic nitrogens is 2. The lowest BCUT2D eigenvalue weighted by molar-refractivity contribution is 0.0697. The highest BCUT2D eigenvalue weighted by Crippen LogP contribution is 2.18.